The topological polar surface area (TPSA) is 120 Å². The van der Waals surface area contributed by atoms with Crippen LogP contribution in [-0.2, 0) is 9.59 Å². The highest BCUT2D eigenvalue weighted by Gasteiger charge is 2.48. The summed E-state index contributed by atoms with van der Waals surface area (Å²) in [5.74, 6) is -0.245. The van der Waals surface area contributed by atoms with Crippen LogP contribution in [0.3, 0.4) is 0 Å². The van der Waals surface area contributed by atoms with Crippen molar-refractivity contribution in [3.63, 3.8) is 0 Å². The molecule has 1 aromatic carbocycles. The van der Waals surface area contributed by atoms with Crippen LogP contribution in [-0.4, -0.2) is 58.3 Å². The van der Waals surface area contributed by atoms with Gasteiger partial charge in [-0.2, -0.15) is 0 Å². The van der Waals surface area contributed by atoms with Crippen molar-refractivity contribution in [2.75, 3.05) is 6.54 Å². The molecule has 5 atom stereocenters. The molecule has 1 aromatic heterocycles. The number of H-pyrrole nitrogens is 1. The Kier molecular flexibility index (Phi) is 6.24. The summed E-state index contributed by atoms with van der Waals surface area (Å²) >= 11 is 0. The van der Waals surface area contributed by atoms with E-state index in [9.17, 15) is 14.4 Å². The number of aromatic nitrogens is 1. The van der Waals surface area contributed by atoms with Gasteiger partial charge in [-0.15, -0.1) is 0 Å². The number of carbonyl (C=O) groups is 3. The van der Waals surface area contributed by atoms with E-state index in [0.717, 1.165) is 30.2 Å². The smallest absolute Gasteiger partial charge is 0.253 e. The zero-order valence-electron chi connectivity index (χ0n) is 18.9. The molecule has 2 fully saturated rings. The van der Waals surface area contributed by atoms with Crippen LogP contribution in [0, 0.1) is 11.8 Å². The van der Waals surface area contributed by atoms with Crippen LogP contribution in [0.25, 0.3) is 10.9 Å². The summed E-state index contributed by atoms with van der Waals surface area (Å²) in [5, 5.41) is 6.91. The first-order valence-corrected chi connectivity index (χ1v) is 11.5. The zero-order chi connectivity index (χ0) is 23.0. The predicted octanol–water partition coefficient (Wildman–Crippen LogP) is 1.77. The molecule has 0 spiro atoms. The second-order valence-corrected chi connectivity index (χ2v) is 9.50. The van der Waals surface area contributed by atoms with Crippen molar-refractivity contribution in [2.45, 2.75) is 64.2 Å². The Morgan fingerprint density at radius 3 is 2.59 bits per heavy atom. The summed E-state index contributed by atoms with van der Waals surface area (Å²) in [6.07, 6.45) is 4.47. The Morgan fingerprint density at radius 2 is 1.88 bits per heavy atom. The maximum Gasteiger partial charge on any atom is 0.253 e. The Bertz CT molecular complexity index is 1010. The second-order valence-electron chi connectivity index (χ2n) is 9.50. The minimum atomic E-state index is -0.676. The summed E-state index contributed by atoms with van der Waals surface area (Å²) in [5.41, 5.74) is 7.23. The number of hydrogen-bond acceptors (Lipinski definition) is 4. The van der Waals surface area contributed by atoms with Gasteiger partial charge in [0.1, 0.15) is 6.04 Å². The van der Waals surface area contributed by atoms with Gasteiger partial charge in [0, 0.05) is 29.7 Å². The molecule has 5 N–H and O–H groups in total. The molecule has 1 saturated heterocycles. The molecule has 2 heterocycles. The number of hydrogen-bond donors (Lipinski definition) is 4. The summed E-state index contributed by atoms with van der Waals surface area (Å²) in [7, 11) is 0. The molecule has 32 heavy (non-hydrogen) atoms. The van der Waals surface area contributed by atoms with Gasteiger partial charge in [-0.05, 0) is 44.1 Å². The lowest BCUT2D eigenvalue weighted by Gasteiger charge is -2.34. The summed E-state index contributed by atoms with van der Waals surface area (Å²) in [4.78, 5) is 43.8. The van der Waals surface area contributed by atoms with E-state index in [1.807, 2.05) is 43.0 Å². The van der Waals surface area contributed by atoms with Crippen molar-refractivity contribution >= 4 is 28.6 Å². The minimum Gasteiger partial charge on any atom is -0.360 e. The van der Waals surface area contributed by atoms with Crippen LogP contribution in [0.4, 0.5) is 0 Å². The van der Waals surface area contributed by atoms with Gasteiger partial charge in [-0.25, -0.2) is 0 Å². The highest BCUT2D eigenvalue weighted by atomic mass is 16.2. The highest BCUT2D eigenvalue weighted by Crippen LogP contribution is 2.39. The first-order valence-electron chi connectivity index (χ1n) is 11.5. The molecular formula is C24H33N5O3. The molecule has 4 rings (SSSR count). The zero-order valence-corrected chi connectivity index (χ0v) is 18.9. The molecule has 8 nitrogen and oxygen atoms in total. The highest BCUT2D eigenvalue weighted by molar-refractivity contribution is 6.06. The largest absolute Gasteiger partial charge is 0.360 e. The number of benzene rings is 1. The lowest BCUT2D eigenvalue weighted by atomic mass is 9.99. The van der Waals surface area contributed by atoms with Gasteiger partial charge in [0.2, 0.25) is 11.8 Å². The van der Waals surface area contributed by atoms with E-state index in [1.54, 1.807) is 13.1 Å². The number of carbonyl (C=O) groups excluding carboxylic acids is 3. The number of nitrogens with one attached hydrogen (secondary N) is 3. The van der Waals surface area contributed by atoms with Gasteiger partial charge in [0.15, 0.2) is 0 Å². The summed E-state index contributed by atoms with van der Waals surface area (Å²) in [6.45, 7) is 6.09. The van der Waals surface area contributed by atoms with E-state index in [-0.39, 0.29) is 35.7 Å². The number of likely N-dealkylation sites (tertiary alicyclic amines) is 1. The minimum absolute atomic E-state index is 0.0508. The lowest BCUT2D eigenvalue weighted by molar-refractivity contribution is -0.139. The van der Waals surface area contributed by atoms with E-state index in [4.69, 9.17) is 5.73 Å². The van der Waals surface area contributed by atoms with Crippen molar-refractivity contribution < 1.29 is 14.4 Å². The fraction of sp³-hybridized carbons (Fsp3) is 0.542. The lowest BCUT2D eigenvalue weighted by Crippen LogP contribution is -2.58. The van der Waals surface area contributed by atoms with Crippen LogP contribution < -0.4 is 16.4 Å². The molecule has 1 aliphatic heterocycles. The molecule has 2 aliphatic rings. The first kappa shape index (κ1) is 22.3. The van der Waals surface area contributed by atoms with Crippen molar-refractivity contribution in [1.29, 1.82) is 0 Å². The number of fused-ring (bicyclic) bond motifs is 2. The molecule has 2 aromatic rings. The van der Waals surface area contributed by atoms with E-state index < -0.39 is 12.1 Å². The Morgan fingerprint density at radius 1 is 1.12 bits per heavy atom. The normalized spacial score (nSPS) is 24.4. The van der Waals surface area contributed by atoms with Crippen LogP contribution in [0.5, 0.6) is 0 Å². The third-order valence-electron chi connectivity index (χ3n) is 6.92. The summed E-state index contributed by atoms with van der Waals surface area (Å²) in [6, 6.07) is 6.26. The monoisotopic (exact) mass is 439 g/mol. The third-order valence-corrected chi connectivity index (χ3v) is 6.92. The quantitative estimate of drug-likeness (QED) is 0.548. The van der Waals surface area contributed by atoms with Crippen molar-refractivity contribution in [1.82, 2.24) is 20.5 Å². The first-order chi connectivity index (χ1) is 15.3. The third kappa shape index (κ3) is 4.11. The Hall–Kier alpha value is -2.87. The molecule has 0 bridgehead atoms. The molecule has 1 saturated carbocycles. The Balaban J connectivity index is 1.50. The van der Waals surface area contributed by atoms with Gasteiger partial charge in [-0.3, -0.25) is 14.4 Å². The van der Waals surface area contributed by atoms with Gasteiger partial charge in [0.05, 0.1) is 17.6 Å². The molecular weight excluding hydrogens is 406 g/mol. The van der Waals surface area contributed by atoms with Gasteiger partial charge < -0.3 is 26.3 Å². The van der Waals surface area contributed by atoms with Crippen LogP contribution in [0.1, 0.15) is 50.4 Å². The standard InChI is InChI=1S/C24H33N5O3/c1-13(2)20(28-22(30)14(3)25)24(32)29-11-10-15-8-9-19(21(15)29)27-23(31)17-12-26-18-7-5-4-6-16(17)18/h4-7,12-15,19-21,26H,8-11,25H2,1-3H3,(H,27,31)(H,28,30)/t14-,15?,19?,20?,21?/m0/s1. The molecule has 1 aliphatic carbocycles. The maximum absolute atomic E-state index is 13.5. The molecule has 3 amide bonds. The average Bonchev–Trinajstić information content (AvgIpc) is 3.46. The van der Waals surface area contributed by atoms with Crippen LogP contribution >= 0.6 is 0 Å². The van der Waals surface area contributed by atoms with Gasteiger partial charge in [-0.1, -0.05) is 32.0 Å². The Labute approximate surface area is 188 Å². The van der Waals surface area contributed by atoms with Crippen LogP contribution in [0.15, 0.2) is 30.5 Å². The van der Waals surface area contributed by atoms with E-state index in [2.05, 4.69) is 15.6 Å². The summed E-state index contributed by atoms with van der Waals surface area (Å²) < 4.78 is 0. The van der Waals surface area contributed by atoms with Crippen molar-refractivity contribution in [2.24, 2.45) is 17.6 Å². The second kappa shape index (κ2) is 8.94. The number of nitrogens with two attached hydrogens (primary N) is 1. The number of nitrogens with zero attached hydrogens (tertiary/aromatic N) is 1. The number of aromatic amines is 1. The SMILES string of the molecule is CC(C)C(NC(=O)[C@H](C)N)C(=O)N1CCC2CCC(NC(=O)c3c[nH]c4ccccc34)C21. The van der Waals surface area contributed by atoms with Crippen molar-refractivity contribution in [3.05, 3.63) is 36.0 Å². The van der Waals surface area contributed by atoms with E-state index >= 15 is 0 Å². The fourth-order valence-electron chi connectivity index (χ4n) is 5.20. The fourth-order valence-corrected chi connectivity index (χ4v) is 5.20. The molecule has 4 unspecified atom stereocenters. The number of rotatable bonds is 6. The van der Waals surface area contributed by atoms with Gasteiger partial charge in [0.25, 0.3) is 5.91 Å². The average molecular weight is 440 g/mol. The predicted molar refractivity (Wildman–Crippen MR) is 123 cm³/mol. The molecule has 0 radical (unpaired) electrons. The van der Waals surface area contributed by atoms with E-state index in [0.29, 0.717) is 18.0 Å². The maximum atomic E-state index is 13.5. The number of amides is 3. The van der Waals surface area contributed by atoms with Gasteiger partial charge >= 0.3 is 0 Å². The number of para-hydroxylation sites is 1. The molecule has 8 heteroatoms. The van der Waals surface area contributed by atoms with E-state index in [1.165, 1.54) is 0 Å². The van der Waals surface area contributed by atoms with Crippen molar-refractivity contribution in [3.8, 4) is 0 Å². The molecule has 172 valence electrons. The van der Waals surface area contributed by atoms with Crippen LogP contribution in [0.2, 0.25) is 0 Å².